The number of carbonyl (C=O) groups is 4. The summed E-state index contributed by atoms with van der Waals surface area (Å²) in [6, 6.07) is 11.3. The van der Waals surface area contributed by atoms with Gasteiger partial charge in [0, 0.05) is 29.4 Å². The molecular formula is C35H40ClF3N8O6. The number of rotatable bonds is 15. The number of halogens is 4. The van der Waals surface area contributed by atoms with Gasteiger partial charge in [-0.2, -0.15) is 28.1 Å². The molecule has 5 N–H and O–H groups in total. The summed E-state index contributed by atoms with van der Waals surface area (Å²) >= 11 is 6.03. The van der Waals surface area contributed by atoms with Crippen LogP contribution in [0.4, 0.5) is 30.8 Å². The quantitative estimate of drug-likeness (QED) is 0.106. The second kappa shape index (κ2) is 17.6. The molecule has 18 heteroatoms. The van der Waals surface area contributed by atoms with Crippen molar-refractivity contribution in [2.75, 3.05) is 37.4 Å². The van der Waals surface area contributed by atoms with E-state index in [9.17, 15) is 32.3 Å². The summed E-state index contributed by atoms with van der Waals surface area (Å²) in [5.41, 5.74) is 0.875. The minimum atomic E-state index is -4.63. The molecule has 284 valence electrons. The summed E-state index contributed by atoms with van der Waals surface area (Å²) in [6.45, 7) is -1.27. The topological polar surface area (TPSA) is 186 Å². The van der Waals surface area contributed by atoms with Gasteiger partial charge in [-0.3, -0.25) is 14.4 Å². The van der Waals surface area contributed by atoms with Crippen molar-refractivity contribution in [3.05, 3.63) is 64.7 Å². The molecule has 3 amide bonds. The molecule has 0 radical (unpaired) electrons. The summed E-state index contributed by atoms with van der Waals surface area (Å²) in [6.07, 6.45) is 2.17. The highest BCUT2D eigenvalue weighted by Gasteiger charge is 2.45. The molecule has 2 aromatic carbocycles. The van der Waals surface area contributed by atoms with Crippen LogP contribution in [0.1, 0.15) is 67.3 Å². The van der Waals surface area contributed by atoms with Gasteiger partial charge >= 0.3 is 30.0 Å². The average molecular weight is 761 g/mol. The van der Waals surface area contributed by atoms with Crippen LogP contribution in [0, 0.1) is 5.92 Å². The first-order valence-electron chi connectivity index (χ1n) is 17.1. The van der Waals surface area contributed by atoms with Crippen LogP contribution in [0.5, 0.6) is 6.01 Å². The Morgan fingerprint density at radius 2 is 1.57 bits per heavy atom. The van der Waals surface area contributed by atoms with Gasteiger partial charge in [0.2, 0.25) is 11.9 Å². The zero-order chi connectivity index (χ0) is 38.0. The van der Waals surface area contributed by atoms with E-state index in [1.54, 1.807) is 12.1 Å². The van der Waals surface area contributed by atoms with E-state index < -0.39 is 54.1 Å². The summed E-state index contributed by atoms with van der Waals surface area (Å²) in [5, 5.41) is 14.3. The minimum absolute atomic E-state index is 0.0201. The van der Waals surface area contributed by atoms with Crippen molar-refractivity contribution in [1.82, 2.24) is 30.9 Å². The lowest BCUT2D eigenvalue weighted by Crippen LogP contribution is -2.46. The highest BCUT2D eigenvalue weighted by atomic mass is 35.5. The van der Waals surface area contributed by atoms with Crippen molar-refractivity contribution in [3.63, 3.8) is 0 Å². The van der Waals surface area contributed by atoms with E-state index in [0.29, 0.717) is 36.0 Å². The maximum atomic E-state index is 13.1. The molecular weight excluding hydrogens is 721 g/mol. The largest absolute Gasteiger partial charge is 0.467 e. The van der Waals surface area contributed by atoms with E-state index in [0.717, 1.165) is 38.4 Å². The standard InChI is InChI=1S/C35H40ClF3N8O6/c1-52-30(51)26(15-18-40-28(49)29(50)41-19-21-5-3-2-4-6-21)43-27(48)22-7-13-25(14-8-22)42-31-44-32(46-33(45-31)53-20-35(37,38)39)47-34(16-17-34)23-9-11-24(36)12-10-23/h7-14,21,26H,2-6,15-20H2,1H3,(H,40,49)(H,41,50)(H,43,48)(H2,42,44,45,46,47)/t26-/m0/s1. The van der Waals surface area contributed by atoms with Gasteiger partial charge in [-0.25, -0.2) is 4.79 Å². The molecule has 2 aliphatic rings. The van der Waals surface area contributed by atoms with Crippen LogP contribution < -0.4 is 31.3 Å². The molecule has 0 unspecified atom stereocenters. The second-order valence-corrected chi connectivity index (χ2v) is 13.3. The molecule has 1 atom stereocenters. The summed E-state index contributed by atoms with van der Waals surface area (Å²) in [5.74, 6) is -2.78. The lowest BCUT2D eigenvalue weighted by Gasteiger charge is -2.21. The molecule has 0 aliphatic heterocycles. The number of esters is 1. The molecule has 0 spiro atoms. The number of methoxy groups -OCH3 is 1. The Morgan fingerprint density at radius 1 is 0.906 bits per heavy atom. The molecule has 0 saturated heterocycles. The molecule has 2 saturated carbocycles. The van der Waals surface area contributed by atoms with E-state index in [2.05, 4.69) is 41.5 Å². The van der Waals surface area contributed by atoms with E-state index >= 15 is 0 Å². The second-order valence-electron chi connectivity index (χ2n) is 12.9. The Labute approximate surface area is 308 Å². The van der Waals surface area contributed by atoms with Crippen molar-refractivity contribution in [1.29, 1.82) is 0 Å². The minimum Gasteiger partial charge on any atom is -0.467 e. The smallest absolute Gasteiger partial charge is 0.422 e. The van der Waals surface area contributed by atoms with Gasteiger partial charge < -0.3 is 36.1 Å². The number of ether oxygens (including phenoxy) is 2. The van der Waals surface area contributed by atoms with Gasteiger partial charge in [-0.1, -0.05) is 43.0 Å². The van der Waals surface area contributed by atoms with Gasteiger partial charge in [-0.15, -0.1) is 0 Å². The number of nitrogens with one attached hydrogen (secondary N) is 5. The SMILES string of the molecule is COC(=O)[C@H](CCNC(=O)C(=O)NCC1CCCCC1)NC(=O)c1ccc(Nc2nc(NC3(c4ccc(Cl)cc4)CC3)nc(OCC(F)(F)F)n2)cc1. The van der Waals surface area contributed by atoms with Crippen LogP contribution in [0.25, 0.3) is 0 Å². The van der Waals surface area contributed by atoms with Crippen LogP contribution in [0.15, 0.2) is 48.5 Å². The lowest BCUT2D eigenvalue weighted by molar-refractivity contribution is -0.154. The van der Waals surface area contributed by atoms with Gasteiger partial charge in [0.25, 0.3) is 5.91 Å². The van der Waals surface area contributed by atoms with Crippen LogP contribution >= 0.6 is 11.6 Å². The number of benzene rings is 2. The first kappa shape index (κ1) is 39.0. The summed E-state index contributed by atoms with van der Waals surface area (Å²) in [4.78, 5) is 62.3. The van der Waals surface area contributed by atoms with Crippen molar-refractivity contribution < 1.29 is 41.8 Å². The number of amides is 3. The molecule has 1 heterocycles. The predicted molar refractivity (Wildman–Crippen MR) is 188 cm³/mol. The molecule has 14 nitrogen and oxygen atoms in total. The fourth-order valence-electron chi connectivity index (χ4n) is 5.86. The number of carbonyl (C=O) groups excluding carboxylic acids is 4. The number of alkyl halides is 3. The third-order valence-corrected chi connectivity index (χ3v) is 9.12. The zero-order valence-corrected chi connectivity index (χ0v) is 29.6. The van der Waals surface area contributed by atoms with Gasteiger partial charge in [-0.05, 0) is 80.0 Å². The van der Waals surface area contributed by atoms with E-state index in [4.69, 9.17) is 21.1 Å². The number of anilines is 3. The van der Waals surface area contributed by atoms with Crippen molar-refractivity contribution in [3.8, 4) is 6.01 Å². The number of hydrogen-bond donors (Lipinski definition) is 5. The maximum Gasteiger partial charge on any atom is 0.422 e. The molecule has 1 aromatic heterocycles. The van der Waals surface area contributed by atoms with Gasteiger partial charge in [0.1, 0.15) is 6.04 Å². The molecule has 2 fully saturated rings. The molecule has 3 aromatic rings. The number of hydrogen-bond acceptors (Lipinski definition) is 11. The van der Waals surface area contributed by atoms with E-state index in [1.165, 1.54) is 30.7 Å². The molecule has 0 bridgehead atoms. The fraction of sp³-hybridized carbons (Fsp3) is 0.457. The van der Waals surface area contributed by atoms with Crippen LogP contribution in [0.2, 0.25) is 5.02 Å². The summed E-state index contributed by atoms with van der Waals surface area (Å²) < 4.78 is 48.5. The molecule has 5 rings (SSSR count). The van der Waals surface area contributed by atoms with Crippen LogP contribution in [0.3, 0.4) is 0 Å². The van der Waals surface area contributed by atoms with Crippen molar-refractivity contribution in [2.24, 2.45) is 5.92 Å². The molecule has 2 aliphatic carbocycles. The highest BCUT2D eigenvalue weighted by molar-refractivity contribution is 6.35. The van der Waals surface area contributed by atoms with Crippen molar-refractivity contribution >= 4 is 52.9 Å². The van der Waals surface area contributed by atoms with Crippen LogP contribution in [-0.4, -0.2) is 77.7 Å². The zero-order valence-electron chi connectivity index (χ0n) is 28.9. The maximum absolute atomic E-state index is 13.1. The number of nitrogens with zero attached hydrogens (tertiary/aromatic N) is 3. The van der Waals surface area contributed by atoms with E-state index in [1.807, 2.05) is 12.1 Å². The lowest BCUT2D eigenvalue weighted by atomic mass is 9.89. The Bertz CT molecular complexity index is 1750. The third kappa shape index (κ3) is 11.7. The first-order chi connectivity index (χ1) is 25.3. The Kier molecular flexibility index (Phi) is 12.9. The molecule has 53 heavy (non-hydrogen) atoms. The Balaban J connectivity index is 1.18. The Hall–Kier alpha value is -5.19. The average Bonchev–Trinajstić information content (AvgIpc) is 3.92. The van der Waals surface area contributed by atoms with Crippen LogP contribution in [-0.2, 0) is 24.7 Å². The summed E-state index contributed by atoms with van der Waals surface area (Å²) in [7, 11) is 1.16. The monoisotopic (exact) mass is 760 g/mol. The fourth-order valence-corrected chi connectivity index (χ4v) is 5.98. The first-order valence-corrected chi connectivity index (χ1v) is 17.5. The third-order valence-electron chi connectivity index (χ3n) is 8.87. The Morgan fingerprint density at radius 3 is 2.21 bits per heavy atom. The van der Waals surface area contributed by atoms with E-state index in [-0.39, 0.29) is 30.4 Å². The highest BCUT2D eigenvalue weighted by Crippen LogP contribution is 2.48. The van der Waals surface area contributed by atoms with Gasteiger partial charge in [0.05, 0.1) is 12.6 Å². The van der Waals surface area contributed by atoms with Gasteiger partial charge in [0.15, 0.2) is 6.61 Å². The predicted octanol–water partition coefficient (Wildman–Crippen LogP) is 4.79. The normalized spacial score (nSPS) is 15.7. The van der Waals surface area contributed by atoms with Crippen molar-refractivity contribution in [2.45, 2.75) is 69.1 Å². The number of aromatic nitrogens is 3.